The van der Waals surface area contributed by atoms with Crippen molar-refractivity contribution in [1.29, 1.82) is 0 Å². The smallest absolute Gasteiger partial charge is 0.298 e. The fraction of sp³-hybridized carbons (Fsp3) is 0.741. The van der Waals surface area contributed by atoms with Crippen LogP contribution in [0, 0.1) is 6.07 Å². The lowest BCUT2D eigenvalue weighted by atomic mass is 9.80. The molecule has 1 aromatic rings. The van der Waals surface area contributed by atoms with Gasteiger partial charge in [0.1, 0.15) is 5.75 Å². The van der Waals surface area contributed by atoms with Gasteiger partial charge >= 0.3 is 0 Å². The van der Waals surface area contributed by atoms with E-state index in [9.17, 15) is 4.79 Å². The van der Waals surface area contributed by atoms with E-state index in [4.69, 9.17) is 4.74 Å². The number of hydrogen-bond acceptors (Lipinski definition) is 2. The molecule has 2 heteroatoms. The first kappa shape index (κ1) is 24.0. The Morgan fingerprint density at radius 2 is 1.48 bits per heavy atom. The molecule has 1 fully saturated rings. The van der Waals surface area contributed by atoms with Gasteiger partial charge < -0.3 is 4.74 Å². The van der Waals surface area contributed by atoms with Gasteiger partial charge in [0.15, 0.2) is 0 Å². The molecule has 0 spiro atoms. The summed E-state index contributed by atoms with van der Waals surface area (Å²) in [6, 6.07) is 7.31. The predicted molar refractivity (Wildman–Crippen MR) is 123 cm³/mol. The van der Waals surface area contributed by atoms with Crippen LogP contribution < -0.4 is 4.74 Å². The van der Waals surface area contributed by atoms with E-state index in [1.165, 1.54) is 120 Å². The minimum Gasteiger partial charge on any atom is -0.428 e. The van der Waals surface area contributed by atoms with Crippen LogP contribution in [0.3, 0.4) is 0 Å². The van der Waals surface area contributed by atoms with E-state index in [0.29, 0.717) is 18.1 Å². The highest BCUT2D eigenvalue weighted by atomic mass is 16.5. The van der Waals surface area contributed by atoms with Gasteiger partial charge in [-0.1, -0.05) is 109 Å². The quantitative estimate of drug-likeness (QED) is 0.206. The topological polar surface area (TPSA) is 26.3 Å². The molecule has 1 radical (unpaired) electrons. The number of aryl methyl sites for hydroxylation is 1. The van der Waals surface area contributed by atoms with E-state index in [1.807, 2.05) is 6.07 Å². The van der Waals surface area contributed by atoms with Gasteiger partial charge in [-0.05, 0) is 37.2 Å². The van der Waals surface area contributed by atoms with Crippen LogP contribution in [0.15, 0.2) is 12.1 Å². The minimum absolute atomic E-state index is 0.545. The molecule has 0 saturated heterocycles. The molecule has 0 N–H and O–H groups in total. The molecule has 0 aliphatic heterocycles. The summed E-state index contributed by atoms with van der Waals surface area (Å²) in [6.07, 6.45) is 24.0. The van der Waals surface area contributed by atoms with Gasteiger partial charge in [-0.3, -0.25) is 4.79 Å². The van der Waals surface area contributed by atoms with Gasteiger partial charge in [-0.15, -0.1) is 0 Å². The number of hydrogen-bond donors (Lipinski definition) is 0. The first-order chi connectivity index (χ1) is 14.4. The zero-order valence-electron chi connectivity index (χ0n) is 18.9. The predicted octanol–water partition coefficient (Wildman–Crippen LogP) is 8.31. The Morgan fingerprint density at radius 1 is 0.897 bits per heavy atom. The molecule has 0 heterocycles. The van der Waals surface area contributed by atoms with Crippen LogP contribution in [0.1, 0.15) is 133 Å². The summed E-state index contributed by atoms with van der Waals surface area (Å²) < 4.78 is 5.31. The Labute approximate surface area is 179 Å². The summed E-state index contributed by atoms with van der Waals surface area (Å²) in [5.41, 5.74) is 2.67. The van der Waals surface area contributed by atoms with E-state index in [0.717, 1.165) is 6.42 Å². The summed E-state index contributed by atoms with van der Waals surface area (Å²) >= 11 is 0. The number of benzene rings is 1. The van der Waals surface area contributed by atoms with E-state index in [1.54, 1.807) is 0 Å². The van der Waals surface area contributed by atoms with Gasteiger partial charge in [0.25, 0.3) is 6.47 Å². The highest BCUT2D eigenvalue weighted by Crippen LogP contribution is 2.39. The van der Waals surface area contributed by atoms with E-state index in [2.05, 4.69) is 19.1 Å². The van der Waals surface area contributed by atoms with Crippen molar-refractivity contribution in [2.24, 2.45) is 0 Å². The van der Waals surface area contributed by atoms with Crippen LogP contribution in [0.2, 0.25) is 0 Å². The molecule has 1 saturated carbocycles. The van der Waals surface area contributed by atoms with Crippen molar-refractivity contribution >= 4 is 6.47 Å². The fourth-order valence-electron chi connectivity index (χ4n) is 4.89. The largest absolute Gasteiger partial charge is 0.428 e. The van der Waals surface area contributed by atoms with Crippen molar-refractivity contribution in [2.75, 3.05) is 0 Å². The lowest BCUT2D eigenvalue weighted by Crippen LogP contribution is -2.10. The summed E-state index contributed by atoms with van der Waals surface area (Å²) in [7, 11) is 0. The number of carbonyl (C=O) groups excluding carboxylic acids is 1. The van der Waals surface area contributed by atoms with Gasteiger partial charge in [0, 0.05) is 11.6 Å². The van der Waals surface area contributed by atoms with E-state index < -0.39 is 0 Å². The van der Waals surface area contributed by atoms with Crippen molar-refractivity contribution in [2.45, 2.75) is 128 Å². The van der Waals surface area contributed by atoms with Crippen LogP contribution in [0.4, 0.5) is 0 Å². The highest BCUT2D eigenvalue weighted by molar-refractivity contribution is 5.51. The van der Waals surface area contributed by atoms with Crippen molar-refractivity contribution in [3.8, 4) is 5.75 Å². The second-order valence-corrected chi connectivity index (χ2v) is 8.93. The summed E-state index contributed by atoms with van der Waals surface area (Å²) in [5.74, 6) is 1.23. The lowest BCUT2D eigenvalue weighted by molar-refractivity contribution is -0.120. The first-order valence-corrected chi connectivity index (χ1v) is 12.5. The normalized spacial score (nSPS) is 14.8. The molecule has 0 bridgehead atoms. The molecule has 1 aliphatic carbocycles. The van der Waals surface area contributed by atoms with Crippen LogP contribution >= 0.6 is 0 Å². The number of carbonyl (C=O) groups is 1. The van der Waals surface area contributed by atoms with Crippen LogP contribution in [-0.4, -0.2) is 6.47 Å². The third-order valence-electron chi connectivity index (χ3n) is 6.57. The second-order valence-electron chi connectivity index (χ2n) is 8.93. The van der Waals surface area contributed by atoms with E-state index >= 15 is 0 Å². The van der Waals surface area contributed by atoms with Gasteiger partial charge in [0.05, 0.1) is 0 Å². The molecule has 2 nitrogen and oxygen atoms in total. The molecule has 1 aliphatic rings. The number of ether oxygens (including phenoxy) is 1. The molecule has 2 rings (SSSR count). The third kappa shape index (κ3) is 9.36. The molecule has 1 aromatic carbocycles. The Bertz CT molecular complexity index is 545. The Morgan fingerprint density at radius 3 is 2.07 bits per heavy atom. The number of rotatable bonds is 16. The fourth-order valence-corrected chi connectivity index (χ4v) is 4.89. The van der Waals surface area contributed by atoms with Gasteiger partial charge in [0.2, 0.25) is 0 Å². The lowest BCUT2D eigenvalue weighted by Gasteiger charge is -2.26. The molecule has 29 heavy (non-hydrogen) atoms. The molecular formula is C27H43O2. The Kier molecular flexibility index (Phi) is 12.8. The monoisotopic (exact) mass is 399 g/mol. The van der Waals surface area contributed by atoms with E-state index in [-0.39, 0.29) is 0 Å². The first-order valence-electron chi connectivity index (χ1n) is 12.5. The Balaban J connectivity index is 1.67. The zero-order chi connectivity index (χ0) is 20.6. The standard InChI is InChI=1S/C27H43O2/c1-2-3-4-5-6-7-8-9-10-11-12-14-18-25-21-17-22-26(29-23-28)27(25)24-19-15-13-16-20-24/h17,21,23-24H,2-16,18-20H2,1H3. The SMILES string of the molecule is CCCCCCCCCCCCCCc1cc[c]c(OC=O)c1C1CCCCC1. The maximum absolute atomic E-state index is 11.0. The molecule has 0 atom stereocenters. The van der Waals surface area contributed by atoms with Crippen molar-refractivity contribution in [3.63, 3.8) is 0 Å². The zero-order valence-corrected chi connectivity index (χ0v) is 18.9. The summed E-state index contributed by atoms with van der Waals surface area (Å²) in [4.78, 5) is 11.0. The van der Waals surface area contributed by atoms with Crippen LogP contribution in [0.25, 0.3) is 0 Å². The average Bonchev–Trinajstić information content (AvgIpc) is 2.75. The molecule has 0 unspecified atom stereocenters. The van der Waals surface area contributed by atoms with Crippen LogP contribution in [-0.2, 0) is 11.2 Å². The van der Waals surface area contributed by atoms with Crippen molar-refractivity contribution < 1.29 is 9.53 Å². The maximum Gasteiger partial charge on any atom is 0.298 e. The minimum atomic E-state index is 0.545. The molecule has 0 amide bonds. The molecule has 163 valence electrons. The Hall–Kier alpha value is -1.31. The second kappa shape index (κ2) is 15.5. The summed E-state index contributed by atoms with van der Waals surface area (Å²) in [5, 5.41) is 0. The number of unbranched alkanes of at least 4 members (excludes halogenated alkanes) is 11. The summed E-state index contributed by atoms with van der Waals surface area (Å²) in [6.45, 7) is 2.84. The highest BCUT2D eigenvalue weighted by Gasteiger charge is 2.22. The van der Waals surface area contributed by atoms with Gasteiger partial charge in [-0.25, -0.2) is 0 Å². The van der Waals surface area contributed by atoms with Gasteiger partial charge in [-0.2, -0.15) is 0 Å². The molecular weight excluding hydrogens is 356 g/mol. The third-order valence-corrected chi connectivity index (χ3v) is 6.57. The van der Waals surface area contributed by atoms with Crippen LogP contribution in [0.5, 0.6) is 5.75 Å². The average molecular weight is 400 g/mol. The van der Waals surface area contributed by atoms with Crippen molar-refractivity contribution in [3.05, 3.63) is 29.3 Å². The maximum atomic E-state index is 11.0. The van der Waals surface area contributed by atoms with Crippen molar-refractivity contribution in [1.82, 2.24) is 0 Å². The molecule has 0 aromatic heterocycles.